The van der Waals surface area contributed by atoms with Crippen LogP contribution in [-0.2, 0) is 6.42 Å². The van der Waals surface area contributed by atoms with Gasteiger partial charge < -0.3 is 10.2 Å². The van der Waals surface area contributed by atoms with Gasteiger partial charge in [-0.05, 0) is 36.6 Å². The van der Waals surface area contributed by atoms with Crippen molar-refractivity contribution < 1.29 is 10.2 Å². The average Bonchev–Trinajstić information content (AvgIpc) is 2.47. The lowest BCUT2D eigenvalue weighted by atomic mass is 10.0. The summed E-state index contributed by atoms with van der Waals surface area (Å²) in [4.78, 5) is 0. The first-order valence-electron chi connectivity index (χ1n) is 6.74. The Morgan fingerprint density at radius 3 is 2.40 bits per heavy atom. The van der Waals surface area contributed by atoms with E-state index in [0.29, 0.717) is 19.3 Å². The van der Waals surface area contributed by atoms with E-state index in [9.17, 15) is 10.2 Å². The summed E-state index contributed by atoms with van der Waals surface area (Å²) >= 11 is 0. The number of hydrogen-bond donors (Lipinski definition) is 2. The third kappa shape index (κ3) is 4.46. The molecule has 2 aromatic rings. The Bertz CT molecular complexity index is 594. The monoisotopic (exact) mass is 266 g/mol. The molecular formula is C18H18O2. The molecule has 2 heteroatoms. The van der Waals surface area contributed by atoms with Crippen LogP contribution in [0.4, 0.5) is 0 Å². The van der Waals surface area contributed by atoms with Gasteiger partial charge in [-0.2, -0.15) is 0 Å². The van der Waals surface area contributed by atoms with Crippen molar-refractivity contribution in [1.29, 1.82) is 0 Å². The van der Waals surface area contributed by atoms with Crippen LogP contribution in [-0.4, -0.2) is 16.3 Å². The van der Waals surface area contributed by atoms with E-state index in [1.807, 2.05) is 42.5 Å². The van der Waals surface area contributed by atoms with Crippen LogP contribution in [0.1, 0.15) is 24.0 Å². The summed E-state index contributed by atoms with van der Waals surface area (Å²) in [5.41, 5.74) is 1.82. The molecule has 2 nitrogen and oxygen atoms in total. The average molecular weight is 266 g/mol. The second-order valence-electron chi connectivity index (χ2n) is 4.69. The predicted molar refractivity (Wildman–Crippen MR) is 80.4 cm³/mol. The van der Waals surface area contributed by atoms with Crippen LogP contribution >= 0.6 is 0 Å². The zero-order valence-corrected chi connectivity index (χ0v) is 11.3. The molecule has 0 amide bonds. The van der Waals surface area contributed by atoms with E-state index < -0.39 is 6.10 Å². The van der Waals surface area contributed by atoms with Crippen molar-refractivity contribution >= 4 is 0 Å². The second-order valence-corrected chi connectivity index (χ2v) is 4.69. The van der Waals surface area contributed by atoms with Crippen molar-refractivity contribution in [3.8, 4) is 17.6 Å². The maximum absolute atomic E-state index is 9.90. The van der Waals surface area contributed by atoms with E-state index in [1.54, 1.807) is 12.1 Å². The van der Waals surface area contributed by atoms with Gasteiger partial charge in [0.05, 0.1) is 6.10 Å². The molecule has 1 unspecified atom stereocenters. The second kappa shape index (κ2) is 7.37. The Hall–Kier alpha value is -2.24. The summed E-state index contributed by atoms with van der Waals surface area (Å²) in [6, 6.07) is 16.9. The maximum Gasteiger partial charge on any atom is 0.118 e. The van der Waals surface area contributed by atoms with Crippen LogP contribution in [0, 0.1) is 11.8 Å². The van der Waals surface area contributed by atoms with Crippen molar-refractivity contribution in [2.24, 2.45) is 0 Å². The summed E-state index contributed by atoms with van der Waals surface area (Å²) in [6.45, 7) is 0. The number of aliphatic hydroxyl groups is 1. The third-order valence-electron chi connectivity index (χ3n) is 3.08. The van der Waals surface area contributed by atoms with Gasteiger partial charge in [-0.25, -0.2) is 0 Å². The molecule has 2 rings (SSSR count). The number of aryl methyl sites for hydroxylation is 1. The van der Waals surface area contributed by atoms with Crippen molar-refractivity contribution in [1.82, 2.24) is 0 Å². The van der Waals surface area contributed by atoms with Crippen LogP contribution in [0.3, 0.4) is 0 Å². The van der Waals surface area contributed by atoms with E-state index in [-0.39, 0.29) is 5.75 Å². The minimum absolute atomic E-state index is 0.287. The third-order valence-corrected chi connectivity index (χ3v) is 3.08. The first-order chi connectivity index (χ1) is 9.75. The molecule has 0 saturated carbocycles. The van der Waals surface area contributed by atoms with Gasteiger partial charge in [-0.15, -0.1) is 0 Å². The van der Waals surface area contributed by atoms with Gasteiger partial charge in [0.25, 0.3) is 0 Å². The normalized spacial score (nSPS) is 11.4. The summed E-state index contributed by atoms with van der Waals surface area (Å²) in [7, 11) is 0. The number of benzene rings is 2. The van der Waals surface area contributed by atoms with E-state index in [0.717, 1.165) is 11.1 Å². The van der Waals surface area contributed by atoms with Crippen LogP contribution in [0.2, 0.25) is 0 Å². The smallest absolute Gasteiger partial charge is 0.118 e. The summed E-state index contributed by atoms with van der Waals surface area (Å²) in [6.07, 6.45) is 1.23. The highest BCUT2D eigenvalue weighted by molar-refractivity contribution is 5.34. The van der Waals surface area contributed by atoms with Crippen LogP contribution < -0.4 is 0 Å². The molecule has 0 radical (unpaired) electrons. The lowest BCUT2D eigenvalue weighted by Gasteiger charge is -2.07. The van der Waals surface area contributed by atoms with Gasteiger partial charge in [0.1, 0.15) is 5.75 Å². The first kappa shape index (κ1) is 14.2. The molecule has 0 aromatic heterocycles. The van der Waals surface area contributed by atoms with Crippen LogP contribution in [0.25, 0.3) is 0 Å². The molecular weight excluding hydrogens is 248 g/mol. The minimum atomic E-state index is -0.467. The van der Waals surface area contributed by atoms with Gasteiger partial charge in [-0.1, -0.05) is 48.2 Å². The number of hydrogen-bond acceptors (Lipinski definition) is 2. The van der Waals surface area contributed by atoms with Crippen molar-refractivity contribution in [2.45, 2.75) is 25.4 Å². The molecule has 0 fully saturated rings. The fourth-order valence-electron chi connectivity index (χ4n) is 1.94. The SMILES string of the molecule is Oc1ccccc1CCC(O)CC#Cc1ccccc1. The lowest BCUT2D eigenvalue weighted by molar-refractivity contribution is 0.170. The largest absolute Gasteiger partial charge is 0.508 e. The van der Waals surface area contributed by atoms with E-state index >= 15 is 0 Å². The van der Waals surface area contributed by atoms with Crippen molar-refractivity contribution in [2.75, 3.05) is 0 Å². The summed E-state index contributed by atoms with van der Waals surface area (Å²) in [5.74, 6) is 6.30. The zero-order chi connectivity index (χ0) is 14.2. The van der Waals surface area contributed by atoms with Gasteiger partial charge >= 0.3 is 0 Å². The topological polar surface area (TPSA) is 40.5 Å². The highest BCUT2D eigenvalue weighted by atomic mass is 16.3. The molecule has 0 saturated heterocycles. The number of aliphatic hydroxyl groups excluding tert-OH is 1. The Balaban J connectivity index is 1.80. The first-order valence-corrected chi connectivity index (χ1v) is 6.74. The molecule has 0 bridgehead atoms. The highest BCUT2D eigenvalue weighted by Gasteiger charge is 2.05. The molecule has 2 N–H and O–H groups in total. The Morgan fingerprint density at radius 2 is 1.65 bits per heavy atom. The molecule has 2 aromatic carbocycles. The van der Waals surface area contributed by atoms with Gasteiger partial charge in [0.2, 0.25) is 0 Å². The quantitative estimate of drug-likeness (QED) is 0.835. The van der Waals surface area contributed by atoms with Crippen LogP contribution in [0.5, 0.6) is 5.75 Å². The van der Waals surface area contributed by atoms with E-state index in [1.165, 1.54) is 0 Å². The molecule has 0 aliphatic carbocycles. The van der Waals surface area contributed by atoms with E-state index in [2.05, 4.69) is 11.8 Å². The molecule has 1 atom stereocenters. The number of aromatic hydroxyl groups is 1. The number of para-hydroxylation sites is 1. The molecule has 0 heterocycles. The summed E-state index contributed by atoms with van der Waals surface area (Å²) < 4.78 is 0. The Kier molecular flexibility index (Phi) is 5.23. The fourth-order valence-corrected chi connectivity index (χ4v) is 1.94. The maximum atomic E-state index is 9.90. The number of phenolic OH excluding ortho intramolecular Hbond substituents is 1. The Labute approximate surface area is 119 Å². The minimum Gasteiger partial charge on any atom is -0.508 e. The van der Waals surface area contributed by atoms with Gasteiger partial charge in [0.15, 0.2) is 0 Å². The highest BCUT2D eigenvalue weighted by Crippen LogP contribution is 2.18. The summed E-state index contributed by atoms with van der Waals surface area (Å²) in [5, 5.41) is 19.5. The molecule has 0 spiro atoms. The van der Waals surface area contributed by atoms with Crippen molar-refractivity contribution in [3.63, 3.8) is 0 Å². The zero-order valence-electron chi connectivity index (χ0n) is 11.3. The molecule has 20 heavy (non-hydrogen) atoms. The standard InChI is InChI=1S/C18H18O2/c19-17(11-6-9-15-7-2-1-3-8-15)14-13-16-10-4-5-12-18(16)20/h1-5,7-8,10,12,17,19-20H,11,13-14H2. The Morgan fingerprint density at radius 1 is 0.950 bits per heavy atom. The molecule has 102 valence electrons. The molecule has 0 aliphatic rings. The molecule has 0 aliphatic heterocycles. The van der Waals surface area contributed by atoms with Crippen LogP contribution in [0.15, 0.2) is 54.6 Å². The fraction of sp³-hybridized carbons (Fsp3) is 0.222. The van der Waals surface area contributed by atoms with E-state index in [4.69, 9.17) is 0 Å². The van der Waals surface area contributed by atoms with Gasteiger partial charge in [0, 0.05) is 12.0 Å². The van der Waals surface area contributed by atoms with Gasteiger partial charge in [-0.3, -0.25) is 0 Å². The lowest BCUT2D eigenvalue weighted by Crippen LogP contribution is -2.06. The number of rotatable bonds is 4. The van der Waals surface area contributed by atoms with Crippen molar-refractivity contribution in [3.05, 3.63) is 65.7 Å². The predicted octanol–water partition coefficient (Wildman–Crippen LogP) is 3.13. The number of phenols is 1.